The zero-order chi connectivity index (χ0) is 21.2. The van der Waals surface area contributed by atoms with E-state index < -0.39 is 5.60 Å². The maximum Gasteiger partial charge on any atom is 0.410 e. The number of ether oxygens (including phenoxy) is 2. The minimum atomic E-state index is -0.494. The molecule has 0 fully saturated rings. The first-order valence-corrected chi connectivity index (χ1v) is 10.5. The first-order chi connectivity index (χ1) is 13.7. The van der Waals surface area contributed by atoms with Gasteiger partial charge in [0.2, 0.25) is 0 Å². The summed E-state index contributed by atoms with van der Waals surface area (Å²) in [5.41, 5.74) is 4.39. The van der Waals surface area contributed by atoms with Crippen LogP contribution in [0.25, 0.3) is 0 Å². The topological polar surface area (TPSA) is 38.8 Å². The lowest BCUT2D eigenvalue weighted by Crippen LogP contribution is -2.44. The van der Waals surface area contributed by atoms with E-state index in [0.717, 1.165) is 12.2 Å². The number of aryl methyl sites for hydroxylation is 1. The lowest BCUT2D eigenvalue weighted by atomic mass is 9.86. The molecule has 1 heterocycles. The van der Waals surface area contributed by atoms with E-state index in [2.05, 4.69) is 45.0 Å². The van der Waals surface area contributed by atoms with E-state index in [1.165, 1.54) is 22.3 Å². The lowest BCUT2D eigenvalue weighted by molar-refractivity contribution is 0.00876. The summed E-state index contributed by atoms with van der Waals surface area (Å²) >= 11 is 0. The highest BCUT2D eigenvalue weighted by Gasteiger charge is 2.35. The molecule has 1 aliphatic rings. The van der Waals surface area contributed by atoms with Gasteiger partial charge in [0, 0.05) is 6.54 Å². The van der Waals surface area contributed by atoms with Crippen molar-refractivity contribution in [3.63, 3.8) is 0 Å². The van der Waals surface area contributed by atoms with Crippen molar-refractivity contribution in [1.82, 2.24) is 4.90 Å². The third-order valence-electron chi connectivity index (χ3n) is 5.31. The van der Waals surface area contributed by atoms with Crippen LogP contribution in [0.5, 0.6) is 5.75 Å². The normalized spacial score (nSPS) is 16.5. The number of hydrogen-bond donors (Lipinski definition) is 0. The molecule has 0 aromatic heterocycles. The monoisotopic (exact) mass is 395 g/mol. The minimum Gasteiger partial charge on any atom is -0.489 e. The lowest BCUT2D eigenvalue weighted by Gasteiger charge is -2.40. The average molecular weight is 396 g/mol. The van der Waals surface area contributed by atoms with Crippen LogP contribution in [-0.2, 0) is 17.8 Å². The van der Waals surface area contributed by atoms with Gasteiger partial charge >= 0.3 is 6.09 Å². The molecule has 0 spiro atoms. The average Bonchev–Trinajstić information content (AvgIpc) is 2.64. The number of fused-ring (bicyclic) bond motifs is 1. The van der Waals surface area contributed by atoms with Crippen molar-refractivity contribution >= 4 is 6.09 Å². The van der Waals surface area contributed by atoms with Crippen LogP contribution in [0.3, 0.4) is 0 Å². The van der Waals surface area contributed by atoms with E-state index in [9.17, 15) is 4.79 Å². The van der Waals surface area contributed by atoms with Crippen LogP contribution in [0.15, 0.2) is 42.5 Å². The van der Waals surface area contributed by atoms with Crippen LogP contribution in [0.4, 0.5) is 4.79 Å². The van der Waals surface area contributed by atoms with Gasteiger partial charge in [0.05, 0.1) is 6.04 Å². The number of benzene rings is 2. The van der Waals surface area contributed by atoms with Gasteiger partial charge in [0.1, 0.15) is 18.0 Å². The molecule has 0 radical (unpaired) electrons. The third kappa shape index (κ3) is 5.11. The Balaban J connectivity index is 1.79. The molecule has 29 heavy (non-hydrogen) atoms. The van der Waals surface area contributed by atoms with Crippen LogP contribution in [-0.4, -0.2) is 23.1 Å². The van der Waals surface area contributed by atoms with E-state index in [0.29, 0.717) is 19.1 Å². The molecule has 0 N–H and O–H groups in total. The summed E-state index contributed by atoms with van der Waals surface area (Å²) in [5.74, 6) is 1.17. The molecule has 3 rings (SSSR count). The summed E-state index contributed by atoms with van der Waals surface area (Å²) in [4.78, 5) is 14.7. The Labute approximate surface area is 174 Å². The molecule has 0 saturated heterocycles. The number of carbonyl (C=O) groups is 1. The Morgan fingerprint density at radius 2 is 1.90 bits per heavy atom. The summed E-state index contributed by atoms with van der Waals surface area (Å²) in [6.07, 6.45) is 0.570. The number of amides is 1. The fraction of sp³-hybridized carbons (Fsp3) is 0.480. The molecule has 2 aromatic rings. The van der Waals surface area contributed by atoms with Gasteiger partial charge in [-0.1, -0.05) is 44.2 Å². The zero-order valence-electron chi connectivity index (χ0n) is 18.5. The van der Waals surface area contributed by atoms with Crippen LogP contribution in [0, 0.1) is 12.8 Å². The number of carbonyl (C=O) groups excluding carboxylic acids is 1. The van der Waals surface area contributed by atoms with Gasteiger partial charge < -0.3 is 14.4 Å². The molecular formula is C25H33NO3. The molecule has 0 saturated carbocycles. The second-order valence-electron chi connectivity index (χ2n) is 9.19. The second-order valence-corrected chi connectivity index (χ2v) is 9.19. The van der Waals surface area contributed by atoms with Crippen molar-refractivity contribution in [1.29, 1.82) is 0 Å². The summed E-state index contributed by atoms with van der Waals surface area (Å²) in [6.45, 7) is 13.3. The molecule has 156 valence electrons. The van der Waals surface area contributed by atoms with Crippen LogP contribution in [0.2, 0.25) is 0 Å². The first kappa shape index (κ1) is 21.2. The Bertz CT molecular complexity index is 867. The molecule has 1 atom stereocenters. The third-order valence-corrected chi connectivity index (χ3v) is 5.31. The summed E-state index contributed by atoms with van der Waals surface area (Å²) in [5, 5.41) is 0. The van der Waals surface area contributed by atoms with Gasteiger partial charge in [-0.3, -0.25) is 0 Å². The van der Waals surface area contributed by atoms with Crippen molar-refractivity contribution in [2.24, 2.45) is 5.92 Å². The molecule has 0 aliphatic carbocycles. The SMILES string of the molecule is Cc1ccccc1COc1ccc2c(c1)CCN(C(=O)OC(C)(C)C)C2C(C)C. The van der Waals surface area contributed by atoms with Crippen molar-refractivity contribution < 1.29 is 14.3 Å². The van der Waals surface area contributed by atoms with Crippen molar-refractivity contribution in [2.75, 3.05) is 6.54 Å². The zero-order valence-corrected chi connectivity index (χ0v) is 18.5. The Hall–Kier alpha value is -2.49. The molecule has 4 nitrogen and oxygen atoms in total. The molecule has 1 amide bonds. The maximum absolute atomic E-state index is 12.8. The smallest absolute Gasteiger partial charge is 0.410 e. The van der Waals surface area contributed by atoms with E-state index in [1.807, 2.05) is 43.9 Å². The van der Waals surface area contributed by atoms with Crippen molar-refractivity contribution in [3.05, 3.63) is 64.7 Å². The first-order valence-electron chi connectivity index (χ1n) is 10.5. The van der Waals surface area contributed by atoms with Gasteiger partial charge in [-0.25, -0.2) is 4.79 Å². The number of rotatable bonds is 4. The van der Waals surface area contributed by atoms with Crippen molar-refractivity contribution in [2.45, 2.75) is 66.2 Å². The van der Waals surface area contributed by atoms with E-state index in [1.54, 1.807) is 0 Å². The Morgan fingerprint density at radius 3 is 2.55 bits per heavy atom. The Kier molecular flexibility index (Phi) is 6.21. The highest BCUT2D eigenvalue weighted by atomic mass is 16.6. The maximum atomic E-state index is 12.8. The highest BCUT2D eigenvalue weighted by molar-refractivity contribution is 5.69. The van der Waals surface area contributed by atoms with Crippen LogP contribution < -0.4 is 4.74 Å². The molecule has 2 aromatic carbocycles. The molecule has 0 bridgehead atoms. The Morgan fingerprint density at radius 1 is 1.17 bits per heavy atom. The molecular weight excluding hydrogens is 362 g/mol. The number of nitrogens with zero attached hydrogens (tertiary/aromatic N) is 1. The summed E-state index contributed by atoms with van der Waals surface area (Å²) < 4.78 is 11.7. The largest absolute Gasteiger partial charge is 0.489 e. The van der Waals surface area contributed by atoms with E-state index >= 15 is 0 Å². The van der Waals surface area contributed by atoms with Gasteiger partial charge in [-0.15, -0.1) is 0 Å². The van der Waals surface area contributed by atoms with Crippen molar-refractivity contribution in [3.8, 4) is 5.75 Å². The van der Waals surface area contributed by atoms with Crippen LogP contribution >= 0.6 is 0 Å². The van der Waals surface area contributed by atoms with Gasteiger partial charge in [0.15, 0.2) is 0 Å². The summed E-state index contributed by atoms with van der Waals surface area (Å²) in [6, 6.07) is 14.6. The van der Waals surface area contributed by atoms with E-state index in [-0.39, 0.29) is 12.1 Å². The predicted octanol–water partition coefficient (Wildman–Crippen LogP) is 6.06. The van der Waals surface area contributed by atoms with Gasteiger partial charge in [-0.05, 0) is 74.4 Å². The molecule has 4 heteroatoms. The fourth-order valence-corrected chi connectivity index (χ4v) is 3.90. The van der Waals surface area contributed by atoms with Gasteiger partial charge in [0.25, 0.3) is 0 Å². The number of hydrogen-bond acceptors (Lipinski definition) is 3. The second kappa shape index (κ2) is 8.48. The highest BCUT2D eigenvalue weighted by Crippen LogP contribution is 2.37. The molecule has 1 unspecified atom stereocenters. The predicted molar refractivity (Wildman–Crippen MR) is 116 cm³/mol. The molecule has 1 aliphatic heterocycles. The fourth-order valence-electron chi connectivity index (χ4n) is 3.90. The quantitative estimate of drug-likeness (QED) is 0.631. The minimum absolute atomic E-state index is 0.0130. The standard InChI is InChI=1S/C25H33NO3/c1-17(2)23-22-12-11-21(28-16-20-10-8-7-9-18(20)3)15-19(22)13-14-26(23)24(27)29-25(4,5)6/h7-12,15,17,23H,13-14,16H2,1-6H3. The van der Waals surface area contributed by atoms with E-state index in [4.69, 9.17) is 9.47 Å². The summed E-state index contributed by atoms with van der Waals surface area (Å²) in [7, 11) is 0. The van der Waals surface area contributed by atoms with Crippen LogP contribution in [0.1, 0.15) is 62.9 Å². The van der Waals surface area contributed by atoms with Gasteiger partial charge in [-0.2, -0.15) is 0 Å².